The Bertz CT molecular complexity index is 456. The molecule has 2 N–H and O–H groups in total. The van der Waals surface area contributed by atoms with E-state index in [2.05, 4.69) is 10.1 Å². The molecule has 2 aromatic rings. The molecule has 4 nitrogen and oxygen atoms in total. The molecule has 4 heteroatoms. The minimum absolute atomic E-state index is 0.593. The molecular formula is C9H10N4. The standard InChI is InChI=1S/C9H10N4/c10-8-5-7(6-1-2-6)13-9(12-8)3-4-11-13/h3-6H,1-2H2,(H2,10,12). The number of nitrogen functional groups attached to an aromatic ring is 1. The van der Waals surface area contributed by atoms with Crippen LogP contribution in [0.25, 0.3) is 5.65 Å². The van der Waals surface area contributed by atoms with E-state index >= 15 is 0 Å². The molecule has 1 aliphatic rings. The Morgan fingerprint density at radius 3 is 3.08 bits per heavy atom. The molecule has 1 saturated carbocycles. The zero-order chi connectivity index (χ0) is 8.84. The molecule has 2 heterocycles. The molecule has 1 aliphatic carbocycles. The minimum Gasteiger partial charge on any atom is -0.384 e. The third-order valence-electron chi connectivity index (χ3n) is 2.40. The molecular weight excluding hydrogens is 164 g/mol. The molecule has 3 rings (SSSR count). The molecule has 0 aliphatic heterocycles. The zero-order valence-corrected chi connectivity index (χ0v) is 7.14. The number of hydrogen-bond acceptors (Lipinski definition) is 3. The fourth-order valence-corrected chi connectivity index (χ4v) is 1.63. The van der Waals surface area contributed by atoms with Crippen LogP contribution in [0.5, 0.6) is 0 Å². The second-order valence-electron chi connectivity index (χ2n) is 3.48. The van der Waals surface area contributed by atoms with Crippen LogP contribution < -0.4 is 5.73 Å². The van der Waals surface area contributed by atoms with Crippen molar-refractivity contribution in [3.05, 3.63) is 24.0 Å². The van der Waals surface area contributed by atoms with Gasteiger partial charge in [-0.2, -0.15) is 5.10 Å². The van der Waals surface area contributed by atoms with Crippen LogP contribution >= 0.6 is 0 Å². The average Bonchev–Trinajstić information content (AvgIpc) is 2.84. The van der Waals surface area contributed by atoms with E-state index < -0.39 is 0 Å². The van der Waals surface area contributed by atoms with Crippen LogP contribution in [0, 0.1) is 0 Å². The number of nitrogens with zero attached hydrogens (tertiary/aromatic N) is 3. The summed E-state index contributed by atoms with van der Waals surface area (Å²) in [6.07, 6.45) is 4.25. The lowest BCUT2D eigenvalue weighted by molar-refractivity contribution is 0.844. The maximum absolute atomic E-state index is 5.70. The second kappa shape index (κ2) is 2.22. The van der Waals surface area contributed by atoms with Crippen molar-refractivity contribution >= 4 is 11.5 Å². The van der Waals surface area contributed by atoms with Gasteiger partial charge in [0.05, 0.1) is 11.9 Å². The Kier molecular flexibility index (Phi) is 1.17. The Morgan fingerprint density at radius 2 is 2.31 bits per heavy atom. The predicted octanol–water partition coefficient (Wildman–Crippen LogP) is 1.19. The van der Waals surface area contributed by atoms with E-state index in [4.69, 9.17) is 5.73 Å². The highest BCUT2D eigenvalue weighted by molar-refractivity contribution is 5.46. The summed E-state index contributed by atoms with van der Waals surface area (Å²) < 4.78 is 1.88. The zero-order valence-electron chi connectivity index (χ0n) is 7.14. The van der Waals surface area contributed by atoms with Crippen molar-refractivity contribution < 1.29 is 0 Å². The lowest BCUT2D eigenvalue weighted by atomic mass is 10.3. The summed E-state index contributed by atoms with van der Waals surface area (Å²) >= 11 is 0. The number of nitrogens with two attached hydrogens (primary N) is 1. The Balaban J connectivity index is 2.33. The Hall–Kier alpha value is -1.58. The van der Waals surface area contributed by atoms with Gasteiger partial charge in [0.1, 0.15) is 5.82 Å². The first-order valence-electron chi connectivity index (χ1n) is 4.45. The largest absolute Gasteiger partial charge is 0.384 e. The first-order valence-corrected chi connectivity index (χ1v) is 4.45. The minimum atomic E-state index is 0.593. The van der Waals surface area contributed by atoms with Crippen LogP contribution in [0.3, 0.4) is 0 Å². The number of fused-ring (bicyclic) bond motifs is 1. The van der Waals surface area contributed by atoms with Gasteiger partial charge >= 0.3 is 0 Å². The highest BCUT2D eigenvalue weighted by atomic mass is 15.3. The smallest absolute Gasteiger partial charge is 0.157 e. The third-order valence-corrected chi connectivity index (χ3v) is 2.40. The molecule has 0 spiro atoms. The van der Waals surface area contributed by atoms with E-state index in [0.717, 1.165) is 5.65 Å². The molecule has 0 amide bonds. The molecule has 1 fully saturated rings. The highest BCUT2D eigenvalue weighted by Crippen LogP contribution is 2.40. The third kappa shape index (κ3) is 0.983. The second-order valence-corrected chi connectivity index (χ2v) is 3.48. The van der Waals surface area contributed by atoms with Crippen molar-refractivity contribution in [2.45, 2.75) is 18.8 Å². The van der Waals surface area contributed by atoms with Crippen molar-refractivity contribution in [1.82, 2.24) is 14.6 Å². The number of anilines is 1. The van der Waals surface area contributed by atoms with E-state index in [1.165, 1.54) is 18.5 Å². The van der Waals surface area contributed by atoms with Gasteiger partial charge < -0.3 is 5.73 Å². The Morgan fingerprint density at radius 1 is 1.46 bits per heavy atom. The molecule has 0 atom stereocenters. The summed E-state index contributed by atoms with van der Waals surface area (Å²) in [5.74, 6) is 1.24. The van der Waals surface area contributed by atoms with Gasteiger partial charge in [-0.15, -0.1) is 0 Å². The fourth-order valence-electron chi connectivity index (χ4n) is 1.63. The van der Waals surface area contributed by atoms with Gasteiger partial charge in [-0.1, -0.05) is 0 Å². The van der Waals surface area contributed by atoms with Crippen molar-refractivity contribution in [3.8, 4) is 0 Å². The maximum atomic E-state index is 5.70. The van der Waals surface area contributed by atoms with E-state index in [1.807, 2.05) is 16.6 Å². The van der Waals surface area contributed by atoms with E-state index in [9.17, 15) is 0 Å². The molecule has 0 radical (unpaired) electrons. The van der Waals surface area contributed by atoms with Crippen LogP contribution in [0.4, 0.5) is 5.82 Å². The first-order chi connectivity index (χ1) is 6.34. The summed E-state index contributed by atoms with van der Waals surface area (Å²) in [4.78, 5) is 4.18. The van der Waals surface area contributed by atoms with Gasteiger partial charge in [-0.05, 0) is 12.8 Å². The summed E-state index contributed by atoms with van der Waals surface area (Å²) in [5.41, 5.74) is 7.75. The average molecular weight is 174 g/mol. The molecule has 0 unspecified atom stereocenters. The van der Waals surface area contributed by atoms with Gasteiger partial charge in [-0.3, -0.25) is 0 Å². The van der Waals surface area contributed by atoms with Crippen molar-refractivity contribution in [1.29, 1.82) is 0 Å². The van der Waals surface area contributed by atoms with Crippen LogP contribution in [0.15, 0.2) is 18.3 Å². The lowest BCUT2D eigenvalue weighted by Gasteiger charge is -2.03. The van der Waals surface area contributed by atoms with E-state index in [1.54, 1.807) is 6.20 Å². The molecule has 0 saturated heterocycles. The summed E-state index contributed by atoms with van der Waals surface area (Å²) in [7, 11) is 0. The summed E-state index contributed by atoms with van der Waals surface area (Å²) in [5, 5.41) is 4.22. The van der Waals surface area contributed by atoms with Gasteiger partial charge in [0, 0.05) is 18.1 Å². The summed E-state index contributed by atoms with van der Waals surface area (Å²) in [6.45, 7) is 0. The van der Waals surface area contributed by atoms with Gasteiger partial charge in [0.2, 0.25) is 0 Å². The van der Waals surface area contributed by atoms with E-state index in [0.29, 0.717) is 11.7 Å². The molecule has 13 heavy (non-hydrogen) atoms. The predicted molar refractivity (Wildman–Crippen MR) is 49.4 cm³/mol. The molecule has 0 bridgehead atoms. The highest BCUT2D eigenvalue weighted by Gasteiger charge is 2.26. The molecule has 66 valence electrons. The normalized spacial score (nSPS) is 16.6. The summed E-state index contributed by atoms with van der Waals surface area (Å²) in [6, 6.07) is 3.81. The van der Waals surface area contributed by atoms with Gasteiger partial charge in [0.15, 0.2) is 5.65 Å². The molecule has 2 aromatic heterocycles. The number of rotatable bonds is 1. The maximum Gasteiger partial charge on any atom is 0.157 e. The lowest BCUT2D eigenvalue weighted by Crippen LogP contribution is -2.01. The monoisotopic (exact) mass is 174 g/mol. The van der Waals surface area contributed by atoms with Gasteiger partial charge in [0.25, 0.3) is 0 Å². The van der Waals surface area contributed by atoms with Crippen LogP contribution in [0.2, 0.25) is 0 Å². The first kappa shape index (κ1) is 6.88. The Labute approximate surface area is 75.4 Å². The SMILES string of the molecule is Nc1cc(C2CC2)n2nccc2n1. The van der Waals surface area contributed by atoms with Crippen LogP contribution in [-0.2, 0) is 0 Å². The molecule has 0 aromatic carbocycles. The van der Waals surface area contributed by atoms with Crippen LogP contribution in [-0.4, -0.2) is 14.6 Å². The topological polar surface area (TPSA) is 56.2 Å². The van der Waals surface area contributed by atoms with Crippen molar-refractivity contribution in [2.24, 2.45) is 0 Å². The van der Waals surface area contributed by atoms with Crippen molar-refractivity contribution in [2.75, 3.05) is 5.73 Å². The quantitative estimate of drug-likeness (QED) is 0.706. The number of aromatic nitrogens is 3. The van der Waals surface area contributed by atoms with Gasteiger partial charge in [-0.25, -0.2) is 9.50 Å². The fraction of sp³-hybridized carbons (Fsp3) is 0.333. The van der Waals surface area contributed by atoms with Crippen molar-refractivity contribution in [3.63, 3.8) is 0 Å². The van der Waals surface area contributed by atoms with Crippen LogP contribution in [0.1, 0.15) is 24.5 Å². The number of hydrogen-bond donors (Lipinski definition) is 1. The van der Waals surface area contributed by atoms with E-state index in [-0.39, 0.29) is 0 Å².